The highest BCUT2D eigenvalue weighted by Gasteiger charge is 2.23. The van der Waals surface area contributed by atoms with E-state index in [9.17, 15) is 0 Å². The Morgan fingerprint density at radius 2 is 0.778 bits per heavy atom. The summed E-state index contributed by atoms with van der Waals surface area (Å²) in [5.41, 5.74) is 17.0. The lowest BCUT2D eigenvalue weighted by molar-refractivity contribution is 1.18. The molecular formula is C51H31N3. The molecule has 0 saturated carbocycles. The molecule has 12 rings (SSSR count). The van der Waals surface area contributed by atoms with E-state index in [1.165, 1.54) is 105 Å². The Kier molecular flexibility index (Phi) is 6.05. The van der Waals surface area contributed by atoms with Gasteiger partial charge in [0.2, 0.25) is 0 Å². The summed E-state index contributed by atoms with van der Waals surface area (Å²) in [6.45, 7) is 0. The van der Waals surface area contributed by atoms with E-state index in [0.29, 0.717) is 0 Å². The first-order valence-electron chi connectivity index (χ1n) is 18.5. The Hall–Kier alpha value is -7.23. The van der Waals surface area contributed by atoms with Crippen LogP contribution in [0.4, 0.5) is 0 Å². The van der Waals surface area contributed by atoms with Gasteiger partial charge in [0.1, 0.15) is 0 Å². The van der Waals surface area contributed by atoms with Gasteiger partial charge in [-0.25, -0.2) is 0 Å². The summed E-state index contributed by atoms with van der Waals surface area (Å²) in [6.07, 6.45) is 4.07. The number of benzene rings is 8. The molecule has 0 unspecified atom stereocenters. The highest BCUT2D eigenvalue weighted by molar-refractivity contribution is 6.19. The topological polar surface area (TPSA) is 22.8 Å². The van der Waals surface area contributed by atoms with Crippen LogP contribution in [-0.2, 0) is 0 Å². The first-order valence-corrected chi connectivity index (χ1v) is 18.5. The van der Waals surface area contributed by atoms with Gasteiger partial charge in [-0.3, -0.25) is 4.98 Å². The minimum Gasteiger partial charge on any atom is -0.309 e. The third-order valence-corrected chi connectivity index (χ3v) is 11.5. The maximum Gasteiger partial charge on any atom is 0.0541 e. The summed E-state index contributed by atoms with van der Waals surface area (Å²) >= 11 is 0. The van der Waals surface area contributed by atoms with Crippen LogP contribution in [0.1, 0.15) is 0 Å². The molecule has 3 nitrogen and oxygen atoms in total. The average molecular weight is 686 g/mol. The van der Waals surface area contributed by atoms with Crippen LogP contribution in [0, 0.1) is 0 Å². The van der Waals surface area contributed by atoms with E-state index in [1.54, 1.807) is 0 Å². The molecule has 0 radical (unpaired) electrons. The summed E-state index contributed by atoms with van der Waals surface area (Å²) < 4.78 is 4.78. The Morgan fingerprint density at radius 3 is 1.43 bits per heavy atom. The van der Waals surface area contributed by atoms with Crippen LogP contribution in [0.3, 0.4) is 0 Å². The smallest absolute Gasteiger partial charge is 0.0541 e. The Labute approximate surface area is 311 Å². The molecule has 54 heavy (non-hydrogen) atoms. The van der Waals surface area contributed by atoms with Gasteiger partial charge in [0.15, 0.2) is 0 Å². The largest absolute Gasteiger partial charge is 0.309 e. The standard InChI is InChI=1S/C51H31N3/c1-3-11-35(12-4-1)53-47-18-10-9-17-40(47)42-27-32(19-24-48(42)53)33-20-25-49-43(28-33)44-29-34(21-26-50(44)54(49)36-13-5-2-6-14-36)37-22-23-41-38-15-7-8-16-39(38)46-31-52-30-45(37)51(41)46/h1-31H. The number of pyridine rings is 1. The fraction of sp³-hybridized carbons (Fsp3) is 0. The van der Waals surface area contributed by atoms with Crippen molar-refractivity contribution < 1.29 is 0 Å². The van der Waals surface area contributed by atoms with Gasteiger partial charge >= 0.3 is 0 Å². The van der Waals surface area contributed by atoms with E-state index in [2.05, 4.69) is 185 Å². The van der Waals surface area contributed by atoms with Gasteiger partial charge in [-0.1, -0.05) is 109 Å². The average Bonchev–Trinajstić information content (AvgIpc) is 3.87. The molecule has 11 aromatic rings. The third kappa shape index (κ3) is 4.09. The summed E-state index contributed by atoms with van der Waals surface area (Å²) in [5.74, 6) is 0. The number of nitrogens with zero attached hydrogens (tertiary/aromatic N) is 3. The number of rotatable bonds is 4. The van der Waals surface area contributed by atoms with Gasteiger partial charge in [-0.15, -0.1) is 0 Å². The van der Waals surface area contributed by atoms with Crippen LogP contribution in [0.15, 0.2) is 188 Å². The number of aromatic nitrogens is 3. The molecule has 3 heteroatoms. The SMILES string of the molecule is c1ccc(-n2c3ccccc3c3cc(-c4ccc5c(c4)c4cc(-c6ccc7c8c(cncc68)-c6ccccc6-7)ccc4n5-c4ccccc4)ccc32)cc1. The second-order valence-corrected chi connectivity index (χ2v) is 14.4. The maximum absolute atomic E-state index is 4.76. The van der Waals surface area contributed by atoms with Crippen molar-refractivity contribution in [1.29, 1.82) is 0 Å². The quantitative estimate of drug-likeness (QED) is 0.181. The molecule has 0 atom stereocenters. The first kappa shape index (κ1) is 29.4. The van der Waals surface area contributed by atoms with Crippen LogP contribution < -0.4 is 0 Å². The summed E-state index contributed by atoms with van der Waals surface area (Å²) in [5, 5.41) is 7.46. The lowest BCUT2D eigenvalue weighted by atomic mass is 9.94. The van der Waals surface area contributed by atoms with E-state index in [-0.39, 0.29) is 0 Å². The van der Waals surface area contributed by atoms with E-state index < -0.39 is 0 Å². The summed E-state index contributed by atoms with van der Waals surface area (Å²) in [4.78, 5) is 4.76. The molecule has 1 aliphatic carbocycles. The molecule has 0 bridgehead atoms. The van der Waals surface area contributed by atoms with Crippen molar-refractivity contribution in [1.82, 2.24) is 14.1 Å². The third-order valence-electron chi connectivity index (χ3n) is 11.5. The molecular weight excluding hydrogens is 655 g/mol. The number of hydrogen-bond donors (Lipinski definition) is 0. The minimum absolute atomic E-state index is 1.15. The van der Waals surface area contributed by atoms with Crippen LogP contribution >= 0.6 is 0 Å². The normalized spacial score (nSPS) is 12.1. The zero-order valence-electron chi connectivity index (χ0n) is 29.2. The van der Waals surface area contributed by atoms with E-state index >= 15 is 0 Å². The van der Waals surface area contributed by atoms with Gasteiger partial charge in [0, 0.05) is 61.6 Å². The second-order valence-electron chi connectivity index (χ2n) is 14.4. The van der Waals surface area contributed by atoms with Gasteiger partial charge < -0.3 is 9.13 Å². The van der Waals surface area contributed by atoms with Crippen molar-refractivity contribution in [2.45, 2.75) is 0 Å². The zero-order chi connectivity index (χ0) is 35.3. The lowest BCUT2D eigenvalue weighted by Crippen LogP contribution is -1.93. The van der Waals surface area contributed by atoms with Gasteiger partial charge in [0.05, 0.1) is 22.1 Å². The van der Waals surface area contributed by atoms with Crippen LogP contribution in [0.25, 0.3) is 110 Å². The lowest BCUT2D eigenvalue weighted by Gasteiger charge is -2.11. The fourth-order valence-corrected chi connectivity index (χ4v) is 9.16. The van der Waals surface area contributed by atoms with Crippen LogP contribution in [0.5, 0.6) is 0 Å². The Morgan fingerprint density at radius 1 is 0.296 bits per heavy atom. The highest BCUT2D eigenvalue weighted by atomic mass is 15.0. The monoisotopic (exact) mass is 685 g/mol. The van der Waals surface area contributed by atoms with Crippen molar-refractivity contribution in [3.8, 4) is 55.9 Å². The minimum atomic E-state index is 1.15. The van der Waals surface area contributed by atoms with E-state index in [4.69, 9.17) is 4.98 Å². The van der Waals surface area contributed by atoms with Gasteiger partial charge in [-0.05, 0) is 106 Å². The molecule has 250 valence electrons. The van der Waals surface area contributed by atoms with Crippen molar-refractivity contribution in [3.05, 3.63) is 188 Å². The maximum atomic E-state index is 4.76. The molecule has 0 saturated heterocycles. The molecule has 0 fully saturated rings. The summed E-state index contributed by atoms with van der Waals surface area (Å²) in [7, 11) is 0. The number of para-hydroxylation sites is 3. The molecule has 0 N–H and O–H groups in total. The van der Waals surface area contributed by atoms with Crippen molar-refractivity contribution in [3.63, 3.8) is 0 Å². The second kappa shape index (κ2) is 11.1. The Balaban J connectivity index is 1.08. The Bertz CT molecular complexity index is 3280. The van der Waals surface area contributed by atoms with Crippen LogP contribution in [-0.4, -0.2) is 14.1 Å². The fourth-order valence-electron chi connectivity index (χ4n) is 9.16. The van der Waals surface area contributed by atoms with Gasteiger partial charge in [0.25, 0.3) is 0 Å². The highest BCUT2D eigenvalue weighted by Crippen LogP contribution is 2.49. The van der Waals surface area contributed by atoms with Crippen LogP contribution in [0.2, 0.25) is 0 Å². The van der Waals surface area contributed by atoms with Crippen molar-refractivity contribution >= 4 is 54.4 Å². The van der Waals surface area contributed by atoms with E-state index in [1.807, 2.05) is 12.4 Å². The molecule has 3 aromatic heterocycles. The predicted molar refractivity (Wildman–Crippen MR) is 226 cm³/mol. The number of fused-ring (bicyclic) bond motifs is 9. The first-order chi connectivity index (χ1) is 26.8. The molecule has 0 aliphatic heterocycles. The molecule has 0 amide bonds. The molecule has 1 aliphatic rings. The van der Waals surface area contributed by atoms with Crippen molar-refractivity contribution in [2.75, 3.05) is 0 Å². The van der Waals surface area contributed by atoms with Gasteiger partial charge in [-0.2, -0.15) is 0 Å². The zero-order valence-corrected chi connectivity index (χ0v) is 29.2. The van der Waals surface area contributed by atoms with E-state index in [0.717, 1.165) is 5.69 Å². The van der Waals surface area contributed by atoms with Crippen molar-refractivity contribution in [2.24, 2.45) is 0 Å². The number of hydrogen-bond acceptors (Lipinski definition) is 1. The summed E-state index contributed by atoms with van der Waals surface area (Å²) in [6, 6.07) is 64.3. The molecule has 0 spiro atoms. The predicted octanol–water partition coefficient (Wildman–Crippen LogP) is 13.4. The molecule has 3 heterocycles. The molecule has 8 aromatic carbocycles.